The monoisotopic (exact) mass is 597 g/mol. The van der Waals surface area contributed by atoms with E-state index in [2.05, 4.69) is 17.4 Å². The van der Waals surface area contributed by atoms with Crippen molar-refractivity contribution in [3.63, 3.8) is 0 Å². The van der Waals surface area contributed by atoms with Gasteiger partial charge in [-0.15, -0.1) is 6.58 Å². The van der Waals surface area contributed by atoms with E-state index in [0.29, 0.717) is 58.0 Å². The Morgan fingerprint density at radius 3 is 2.68 bits per heavy atom. The first-order valence-electron chi connectivity index (χ1n) is 13.0. The Kier molecular flexibility index (Phi) is 8.99. The number of benzene rings is 3. The minimum atomic E-state index is -1.42. The number of halogens is 2. The fourth-order valence-electron chi connectivity index (χ4n) is 4.61. The molecule has 5 rings (SSSR count). The molecule has 0 aromatic heterocycles. The lowest BCUT2D eigenvalue weighted by Crippen LogP contribution is -2.52. The second-order valence-electron chi connectivity index (χ2n) is 9.44. The number of hydrazine groups is 1. The second-order valence-corrected chi connectivity index (χ2v) is 10.3. The molecule has 0 saturated carbocycles. The predicted molar refractivity (Wildman–Crippen MR) is 156 cm³/mol. The first-order chi connectivity index (χ1) is 19.9. The second kappa shape index (κ2) is 12.8. The van der Waals surface area contributed by atoms with Crippen LogP contribution in [0.4, 0.5) is 0 Å². The molecular formula is C30H29Cl2N3O6. The summed E-state index contributed by atoms with van der Waals surface area (Å²) >= 11 is 12.8. The molecule has 0 unspecified atom stereocenters. The quantitative estimate of drug-likeness (QED) is 0.151. The van der Waals surface area contributed by atoms with Crippen LogP contribution in [0.25, 0.3) is 0 Å². The number of aliphatic hydroxyl groups is 1. The lowest BCUT2D eigenvalue weighted by atomic mass is 9.84. The van der Waals surface area contributed by atoms with Crippen molar-refractivity contribution in [2.45, 2.75) is 31.0 Å². The molecular weight excluding hydrogens is 569 g/mol. The summed E-state index contributed by atoms with van der Waals surface area (Å²) in [5.41, 5.74) is 6.47. The predicted octanol–water partition coefficient (Wildman–Crippen LogP) is 5.14. The maximum atomic E-state index is 13.9. The number of hydrogen-bond donors (Lipinski definition) is 3. The van der Waals surface area contributed by atoms with Crippen LogP contribution in [0, 0.1) is 0 Å². The third-order valence-electron chi connectivity index (χ3n) is 6.66. The van der Waals surface area contributed by atoms with E-state index in [1.807, 2.05) is 18.2 Å². The molecule has 41 heavy (non-hydrogen) atoms. The Labute approximate surface area is 247 Å². The molecule has 2 atom stereocenters. The van der Waals surface area contributed by atoms with Crippen LogP contribution >= 0.6 is 23.2 Å². The number of carbonyl (C=O) groups is 1. The Morgan fingerprint density at radius 1 is 1.12 bits per heavy atom. The number of nitrogens with one attached hydrogen (secondary N) is 2. The largest absolute Gasteiger partial charge is 0.494 e. The molecule has 0 radical (unpaired) electrons. The molecule has 0 aliphatic carbocycles. The van der Waals surface area contributed by atoms with E-state index in [1.165, 1.54) is 0 Å². The molecule has 9 nitrogen and oxygen atoms in total. The van der Waals surface area contributed by atoms with E-state index in [4.69, 9.17) is 52.2 Å². The molecule has 2 aliphatic rings. The van der Waals surface area contributed by atoms with Crippen molar-refractivity contribution in [1.29, 1.82) is 0 Å². The minimum Gasteiger partial charge on any atom is -0.494 e. The summed E-state index contributed by atoms with van der Waals surface area (Å²) in [5.74, 6) is 1.82. The van der Waals surface area contributed by atoms with Crippen molar-refractivity contribution < 1.29 is 28.8 Å². The molecule has 2 aliphatic heterocycles. The number of amides is 1. The molecule has 2 heterocycles. The third kappa shape index (κ3) is 6.28. The summed E-state index contributed by atoms with van der Waals surface area (Å²) in [6.07, 6.45) is 1.46. The van der Waals surface area contributed by atoms with Crippen LogP contribution in [0.5, 0.6) is 17.2 Å². The molecule has 3 N–H and O–H groups in total. The number of rotatable bonds is 12. The molecule has 0 spiro atoms. The zero-order valence-corrected chi connectivity index (χ0v) is 23.6. The van der Waals surface area contributed by atoms with Gasteiger partial charge < -0.3 is 24.1 Å². The van der Waals surface area contributed by atoms with Gasteiger partial charge in [-0.05, 0) is 54.1 Å². The van der Waals surface area contributed by atoms with Gasteiger partial charge in [0.2, 0.25) is 12.7 Å². The van der Waals surface area contributed by atoms with Crippen LogP contribution in [-0.4, -0.2) is 42.5 Å². The van der Waals surface area contributed by atoms with Gasteiger partial charge in [0.15, 0.2) is 23.1 Å². The third-order valence-corrected chi connectivity index (χ3v) is 7.22. The highest BCUT2D eigenvalue weighted by Gasteiger charge is 2.53. The van der Waals surface area contributed by atoms with Gasteiger partial charge in [-0.25, -0.2) is 10.4 Å². The Hall–Kier alpha value is -3.76. The maximum Gasteiger partial charge on any atom is 0.266 e. The van der Waals surface area contributed by atoms with Crippen LogP contribution in [0.15, 0.2) is 78.3 Å². The highest BCUT2D eigenvalue weighted by Crippen LogP contribution is 2.45. The van der Waals surface area contributed by atoms with Gasteiger partial charge in [0.05, 0.1) is 6.61 Å². The highest BCUT2D eigenvalue weighted by atomic mass is 35.5. The van der Waals surface area contributed by atoms with Crippen molar-refractivity contribution >= 4 is 35.0 Å². The van der Waals surface area contributed by atoms with Gasteiger partial charge in [-0.1, -0.05) is 41.4 Å². The first-order valence-corrected chi connectivity index (χ1v) is 13.8. The van der Waals surface area contributed by atoms with E-state index in [0.717, 1.165) is 5.56 Å². The Bertz CT molecular complexity index is 1450. The van der Waals surface area contributed by atoms with Crippen LogP contribution < -0.4 is 25.1 Å². The number of carbonyl (C=O) groups excluding carboxylic acids is 1. The van der Waals surface area contributed by atoms with Crippen molar-refractivity contribution in [3.8, 4) is 17.2 Å². The molecule has 3 aromatic carbocycles. The molecule has 0 fully saturated rings. The summed E-state index contributed by atoms with van der Waals surface area (Å²) in [5, 5.41) is 9.79. The number of nitrogens with zero attached hydrogens (tertiary/aromatic N) is 1. The first kappa shape index (κ1) is 28.8. The van der Waals surface area contributed by atoms with E-state index in [-0.39, 0.29) is 25.7 Å². The number of ether oxygens (including phenoxy) is 4. The normalized spacial score (nSPS) is 18.9. The van der Waals surface area contributed by atoms with Gasteiger partial charge in [-0.2, -0.15) is 0 Å². The van der Waals surface area contributed by atoms with Gasteiger partial charge in [-0.3, -0.25) is 10.2 Å². The number of aliphatic imine (C=N–C) groups is 1. The summed E-state index contributed by atoms with van der Waals surface area (Å²) in [7, 11) is 0. The van der Waals surface area contributed by atoms with Crippen molar-refractivity contribution in [2.75, 3.05) is 20.0 Å². The van der Waals surface area contributed by atoms with Crippen molar-refractivity contribution in [2.24, 2.45) is 4.99 Å². The molecule has 0 bridgehead atoms. The summed E-state index contributed by atoms with van der Waals surface area (Å²) in [6, 6.07) is 17.7. The average molecular weight is 598 g/mol. The number of aliphatic hydroxyl groups excluding tert-OH is 1. The van der Waals surface area contributed by atoms with Crippen LogP contribution in [0.2, 0.25) is 10.0 Å². The van der Waals surface area contributed by atoms with E-state index in [9.17, 15) is 4.79 Å². The highest BCUT2D eigenvalue weighted by molar-refractivity contribution is 6.35. The molecule has 0 saturated heterocycles. The number of fused-ring (bicyclic) bond motifs is 1. The summed E-state index contributed by atoms with van der Waals surface area (Å²) < 4.78 is 22.8. The SMILES string of the molecule is C=CC[C@]1(C(=O)NNCc2ccc3c(c2)OCO3)N=C(c2ccc(OCCCO)cc2)O[C@H]1c1ccc(Cl)cc1Cl. The summed E-state index contributed by atoms with van der Waals surface area (Å²) in [4.78, 5) is 18.8. The average Bonchev–Trinajstić information content (AvgIpc) is 3.59. The van der Waals surface area contributed by atoms with Gasteiger partial charge >= 0.3 is 0 Å². The van der Waals surface area contributed by atoms with E-state index >= 15 is 0 Å². The maximum absolute atomic E-state index is 13.9. The standard InChI is InChI=1S/C30H29Cl2N3O6/c1-2-12-30(29(37)35-33-17-19-4-11-25-26(15-19)40-18-39-25)27(23-10-7-21(31)16-24(23)32)41-28(34-30)20-5-8-22(9-6-20)38-14-3-13-36/h2,4-11,15-16,27,33,36H,1,3,12-14,17-18H2,(H,35,37)/t27-,30-/m0/s1. The van der Waals surface area contributed by atoms with Gasteiger partial charge in [0.1, 0.15) is 5.75 Å². The molecule has 11 heteroatoms. The van der Waals surface area contributed by atoms with Crippen LogP contribution in [-0.2, 0) is 16.1 Å². The van der Waals surface area contributed by atoms with Crippen molar-refractivity contribution in [1.82, 2.24) is 10.9 Å². The molecule has 214 valence electrons. The van der Waals surface area contributed by atoms with Crippen LogP contribution in [0.3, 0.4) is 0 Å². The minimum absolute atomic E-state index is 0.0520. The fraction of sp³-hybridized carbons (Fsp3) is 0.267. The van der Waals surface area contributed by atoms with Crippen molar-refractivity contribution in [3.05, 3.63) is 100 Å². The summed E-state index contributed by atoms with van der Waals surface area (Å²) in [6.45, 7) is 4.84. The molecule has 3 aromatic rings. The van der Waals surface area contributed by atoms with Gasteiger partial charge in [0, 0.05) is 47.2 Å². The molecule has 1 amide bonds. The topological polar surface area (TPSA) is 111 Å². The smallest absolute Gasteiger partial charge is 0.266 e. The van der Waals surface area contributed by atoms with E-state index < -0.39 is 17.6 Å². The number of hydrogen-bond acceptors (Lipinski definition) is 8. The Balaban J connectivity index is 1.41. The van der Waals surface area contributed by atoms with E-state index in [1.54, 1.807) is 48.5 Å². The van der Waals surface area contributed by atoms with Gasteiger partial charge in [0.25, 0.3) is 5.91 Å². The lowest BCUT2D eigenvalue weighted by molar-refractivity contribution is -0.129. The zero-order valence-electron chi connectivity index (χ0n) is 22.1. The Morgan fingerprint density at radius 2 is 1.93 bits per heavy atom. The zero-order chi connectivity index (χ0) is 28.8. The lowest BCUT2D eigenvalue weighted by Gasteiger charge is -2.30. The van der Waals surface area contributed by atoms with Crippen LogP contribution in [0.1, 0.15) is 35.6 Å². The fourth-order valence-corrected chi connectivity index (χ4v) is 5.12.